The molecule has 1 aliphatic rings. The molecule has 0 radical (unpaired) electrons. The van der Waals surface area contributed by atoms with E-state index in [-0.39, 0.29) is 12.0 Å². The van der Waals surface area contributed by atoms with E-state index in [1.54, 1.807) is 34.5 Å². The van der Waals surface area contributed by atoms with E-state index in [1.807, 2.05) is 24.4 Å². The van der Waals surface area contributed by atoms with Crippen LogP contribution in [0.5, 0.6) is 0 Å². The summed E-state index contributed by atoms with van der Waals surface area (Å²) in [7, 11) is 0. The largest absolute Gasteiger partial charge is 0.274 e. The Morgan fingerprint density at radius 1 is 1.32 bits per heavy atom. The number of benzene rings is 1. The summed E-state index contributed by atoms with van der Waals surface area (Å²) in [5.41, 5.74) is 1.04. The van der Waals surface area contributed by atoms with Gasteiger partial charge in [-0.15, -0.1) is 11.3 Å². The highest BCUT2D eigenvalue weighted by atomic mass is 35.5. The molecule has 2 unspecified atom stereocenters. The highest BCUT2D eigenvalue weighted by Gasteiger charge is 2.39. The Labute approximate surface area is 147 Å². The smallest absolute Gasteiger partial charge is 0.268 e. The molecular weight excluding hydrogens is 363 g/mol. The maximum absolute atomic E-state index is 11.6. The van der Waals surface area contributed by atoms with E-state index < -0.39 is 5.24 Å². The van der Waals surface area contributed by atoms with Gasteiger partial charge >= 0.3 is 0 Å². The van der Waals surface area contributed by atoms with Crippen LogP contribution in [0.3, 0.4) is 0 Å². The van der Waals surface area contributed by atoms with Crippen molar-refractivity contribution in [2.24, 2.45) is 11.0 Å². The van der Waals surface area contributed by atoms with E-state index >= 15 is 0 Å². The van der Waals surface area contributed by atoms with Crippen molar-refractivity contribution in [3.8, 4) is 0 Å². The van der Waals surface area contributed by atoms with E-state index in [2.05, 4.69) is 5.10 Å². The van der Waals surface area contributed by atoms with Crippen molar-refractivity contribution in [1.82, 2.24) is 0 Å². The number of halogens is 3. The molecule has 22 heavy (non-hydrogen) atoms. The summed E-state index contributed by atoms with van der Waals surface area (Å²) < 4.78 is 0. The number of rotatable bonds is 3. The van der Waals surface area contributed by atoms with Crippen LogP contribution in [0.25, 0.3) is 0 Å². The number of nitrogens with zero attached hydrogens (tertiary/aromatic N) is 2. The molecule has 0 saturated heterocycles. The van der Waals surface area contributed by atoms with Crippen LogP contribution >= 0.6 is 46.1 Å². The number of anilines is 1. The predicted octanol–water partition coefficient (Wildman–Crippen LogP) is 5.37. The van der Waals surface area contributed by atoms with Gasteiger partial charge in [-0.05, 0) is 41.2 Å². The van der Waals surface area contributed by atoms with Crippen LogP contribution in [0.4, 0.5) is 5.69 Å². The normalized spacial score (nSPS) is 21.1. The van der Waals surface area contributed by atoms with Gasteiger partial charge in [0.05, 0.1) is 16.8 Å². The van der Waals surface area contributed by atoms with E-state index in [9.17, 15) is 4.79 Å². The molecule has 3 nitrogen and oxygen atoms in total. The highest BCUT2D eigenvalue weighted by molar-refractivity contribution is 7.10. The van der Waals surface area contributed by atoms with Crippen molar-refractivity contribution in [2.45, 2.75) is 13.0 Å². The molecule has 114 valence electrons. The third-order valence-electron chi connectivity index (χ3n) is 3.58. The molecule has 0 spiro atoms. The van der Waals surface area contributed by atoms with Gasteiger partial charge < -0.3 is 0 Å². The zero-order valence-electron chi connectivity index (χ0n) is 11.5. The van der Waals surface area contributed by atoms with Crippen molar-refractivity contribution in [1.29, 1.82) is 0 Å². The molecule has 2 heterocycles. The van der Waals surface area contributed by atoms with Crippen LogP contribution < -0.4 is 5.01 Å². The molecule has 3 rings (SSSR count). The van der Waals surface area contributed by atoms with Crippen LogP contribution in [-0.4, -0.2) is 11.0 Å². The van der Waals surface area contributed by atoms with Gasteiger partial charge in [0, 0.05) is 15.8 Å². The van der Waals surface area contributed by atoms with Crippen LogP contribution in [0.2, 0.25) is 10.0 Å². The van der Waals surface area contributed by atoms with Gasteiger partial charge in [-0.1, -0.05) is 36.2 Å². The number of thiophene rings is 1. The standard InChI is InChI=1S/C15H11Cl3N2OS/c1-8-13(15(18)21)19-20(14(8)12-3-2-6-22-12)11-5-4-9(16)7-10(11)17/h2-8,14H,1H3. The summed E-state index contributed by atoms with van der Waals surface area (Å²) in [4.78, 5) is 12.7. The number of carbonyl (C=O) groups is 1. The molecule has 0 N–H and O–H groups in total. The highest BCUT2D eigenvalue weighted by Crippen LogP contribution is 2.43. The molecular formula is C15H11Cl3N2OS. The number of hydrogen-bond acceptors (Lipinski definition) is 4. The average Bonchev–Trinajstić information content (AvgIpc) is 3.06. The maximum atomic E-state index is 11.6. The Kier molecular flexibility index (Phi) is 4.46. The Morgan fingerprint density at radius 3 is 2.68 bits per heavy atom. The van der Waals surface area contributed by atoms with Crippen LogP contribution in [0, 0.1) is 5.92 Å². The van der Waals surface area contributed by atoms with E-state index in [4.69, 9.17) is 34.8 Å². The third kappa shape index (κ3) is 2.76. The fraction of sp³-hybridized carbons (Fsp3) is 0.200. The minimum atomic E-state index is -0.540. The summed E-state index contributed by atoms with van der Waals surface area (Å²) in [6, 6.07) is 9.06. The lowest BCUT2D eigenvalue weighted by molar-refractivity contribution is -0.106. The van der Waals surface area contributed by atoms with Crippen molar-refractivity contribution >= 4 is 62.8 Å². The van der Waals surface area contributed by atoms with Gasteiger partial charge in [-0.2, -0.15) is 5.10 Å². The second kappa shape index (κ2) is 6.20. The number of hydrogen-bond donors (Lipinski definition) is 0. The van der Waals surface area contributed by atoms with Crippen LogP contribution in [0.1, 0.15) is 17.8 Å². The first kappa shape index (κ1) is 15.8. The monoisotopic (exact) mass is 372 g/mol. The first-order valence-corrected chi connectivity index (χ1v) is 8.56. The van der Waals surface area contributed by atoms with Crippen molar-refractivity contribution in [3.05, 3.63) is 50.6 Å². The summed E-state index contributed by atoms with van der Waals surface area (Å²) in [6.45, 7) is 1.94. The second-order valence-electron chi connectivity index (χ2n) is 4.95. The van der Waals surface area contributed by atoms with Gasteiger partial charge in [0.2, 0.25) is 0 Å². The molecule has 2 atom stereocenters. The summed E-state index contributed by atoms with van der Waals surface area (Å²) in [5, 5.41) is 8.65. The second-order valence-corrected chi connectivity index (χ2v) is 7.11. The quantitative estimate of drug-likeness (QED) is 0.677. The molecule has 2 aromatic rings. The molecule has 0 aliphatic carbocycles. The zero-order valence-corrected chi connectivity index (χ0v) is 14.5. The number of hydrazone groups is 1. The molecule has 1 aromatic heterocycles. The molecule has 1 aliphatic heterocycles. The lowest BCUT2D eigenvalue weighted by atomic mass is 9.96. The Hall–Kier alpha value is -1.07. The van der Waals surface area contributed by atoms with Crippen molar-refractivity contribution in [2.75, 3.05) is 5.01 Å². The van der Waals surface area contributed by atoms with E-state index in [0.29, 0.717) is 21.4 Å². The van der Waals surface area contributed by atoms with E-state index in [0.717, 1.165) is 4.88 Å². The lowest BCUT2D eigenvalue weighted by Crippen LogP contribution is -2.24. The Morgan fingerprint density at radius 2 is 2.09 bits per heavy atom. The van der Waals surface area contributed by atoms with Gasteiger partial charge in [0.25, 0.3) is 5.24 Å². The predicted molar refractivity (Wildman–Crippen MR) is 93.5 cm³/mol. The number of carbonyl (C=O) groups excluding carboxylic acids is 1. The van der Waals surface area contributed by atoms with Crippen molar-refractivity contribution < 1.29 is 4.79 Å². The third-order valence-corrected chi connectivity index (χ3v) is 5.25. The minimum Gasteiger partial charge on any atom is -0.274 e. The fourth-order valence-electron chi connectivity index (χ4n) is 2.55. The van der Waals surface area contributed by atoms with Crippen molar-refractivity contribution in [3.63, 3.8) is 0 Å². The Bertz CT molecular complexity index is 745. The molecule has 7 heteroatoms. The molecule has 1 aromatic carbocycles. The molecule has 0 fully saturated rings. The fourth-order valence-corrected chi connectivity index (χ4v) is 4.17. The summed E-state index contributed by atoms with van der Waals surface area (Å²) in [5.74, 6) is -0.129. The van der Waals surface area contributed by atoms with Crippen LogP contribution in [-0.2, 0) is 4.79 Å². The zero-order chi connectivity index (χ0) is 15.9. The first-order valence-electron chi connectivity index (χ1n) is 6.55. The van der Waals surface area contributed by atoms with Gasteiger partial charge in [0.1, 0.15) is 5.71 Å². The summed E-state index contributed by atoms with van der Waals surface area (Å²) >= 11 is 19.5. The Balaban J connectivity index is 2.10. The topological polar surface area (TPSA) is 32.7 Å². The molecule has 0 bridgehead atoms. The lowest BCUT2D eigenvalue weighted by Gasteiger charge is -2.26. The molecule has 0 saturated carbocycles. The first-order chi connectivity index (χ1) is 10.5. The SMILES string of the molecule is CC1C(C(=O)Cl)=NN(c2ccc(Cl)cc2Cl)C1c1cccs1. The maximum Gasteiger partial charge on any atom is 0.268 e. The van der Waals surface area contributed by atoms with Gasteiger partial charge in [-0.3, -0.25) is 9.80 Å². The summed E-state index contributed by atoms with van der Waals surface area (Å²) in [6.07, 6.45) is 0. The van der Waals surface area contributed by atoms with E-state index in [1.165, 1.54) is 0 Å². The van der Waals surface area contributed by atoms with Gasteiger partial charge in [0.15, 0.2) is 0 Å². The van der Waals surface area contributed by atoms with Gasteiger partial charge in [-0.25, -0.2) is 0 Å². The molecule has 0 amide bonds. The minimum absolute atomic E-state index is 0.114. The average molecular weight is 374 g/mol. The van der Waals surface area contributed by atoms with Crippen LogP contribution in [0.15, 0.2) is 40.8 Å².